The van der Waals surface area contributed by atoms with Crippen molar-refractivity contribution in [3.63, 3.8) is 0 Å². The Morgan fingerprint density at radius 3 is 3.09 bits per heavy atom. The van der Waals surface area contributed by atoms with E-state index >= 15 is 0 Å². The van der Waals surface area contributed by atoms with Crippen LogP contribution in [0.1, 0.15) is 6.92 Å². The van der Waals surface area contributed by atoms with Crippen molar-refractivity contribution in [1.29, 1.82) is 0 Å². The Morgan fingerprint density at radius 1 is 1.73 bits per heavy atom. The predicted molar refractivity (Wildman–Crippen MR) is 39.9 cm³/mol. The van der Waals surface area contributed by atoms with Gasteiger partial charge < -0.3 is 14.2 Å². The summed E-state index contributed by atoms with van der Waals surface area (Å²) < 4.78 is 15.5. The first-order chi connectivity index (χ1) is 5.33. The van der Waals surface area contributed by atoms with Gasteiger partial charge in [-0.05, 0) is 6.92 Å². The average Bonchev–Trinajstić information content (AvgIpc) is 2.37. The maximum atomic E-state index is 5.29. The van der Waals surface area contributed by atoms with Crippen LogP contribution in [0.15, 0.2) is 0 Å². The SMILES string of the molecule is C#CCOCC1COC(C)O1. The fourth-order valence-corrected chi connectivity index (χ4v) is 0.929. The first-order valence-electron chi connectivity index (χ1n) is 3.61. The molecule has 0 spiro atoms. The molecule has 0 saturated carbocycles. The standard InChI is InChI=1S/C8H12O3/c1-3-4-9-5-8-6-10-7(2)11-8/h1,7-8H,4-6H2,2H3. The van der Waals surface area contributed by atoms with E-state index in [0.717, 1.165) is 0 Å². The van der Waals surface area contributed by atoms with Gasteiger partial charge in [-0.3, -0.25) is 0 Å². The summed E-state index contributed by atoms with van der Waals surface area (Å²) in [6.45, 7) is 3.33. The summed E-state index contributed by atoms with van der Waals surface area (Å²) in [5.41, 5.74) is 0. The lowest BCUT2D eigenvalue weighted by Gasteiger charge is -2.06. The smallest absolute Gasteiger partial charge is 0.155 e. The highest BCUT2D eigenvalue weighted by atomic mass is 16.7. The van der Waals surface area contributed by atoms with Gasteiger partial charge in [0.2, 0.25) is 0 Å². The fraction of sp³-hybridized carbons (Fsp3) is 0.750. The molecule has 0 amide bonds. The molecule has 1 fully saturated rings. The van der Waals surface area contributed by atoms with Gasteiger partial charge >= 0.3 is 0 Å². The van der Waals surface area contributed by atoms with Gasteiger partial charge in [0.05, 0.1) is 13.2 Å². The second-order valence-electron chi connectivity index (χ2n) is 2.38. The van der Waals surface area contributed by atoms with E-state index < -0.39 is 0 Å². The molecule has 3 nitrogen and oxygen atoms in total. The molecule has 0 aliphatic carbocycles. The van der Waals surface area contributed by atoms with Crippen LogP contribution in [0.2, 0.25) is 0 Å². The van der Waals surface area contributed by atoms with Crippen LogP contribution >= 0.6 is 0 Å². The van der Waals surface area contributed by atoms with Gasteiger partial charge in [-0.25, -0.2) is 0 Å². The lowest BCUT2D eigenvalue weighted by Crippen LogP contribution is -2.18. The van der Waals surface area contributed by atoms with Crippen molar-refractivity contribution in [3.05, 3.63) is 0 Å². The number of ether oxygens (including phenoxy) is 3. The van der Waals surface area contributed by atoms with E-state index in [1.807, 2.05) is 6.92 Å². The lowest BCUT2D eigenvalue weighted by atomic mass is 10.4. The summed E-state index contributed by atoms with van der Waals surface area (Å²) in [5.74, 6) is 2.38. The largest absolute Gasteiger partial charge is 0.366 e. The predicted octanol–water partition coefficient (Wildman–Crippen LogP) is 0.398. The molecule has 1 aliphatic rings. The summed E-state index contributed by atoms with van der Waals surface area (Å²) in [7, 11) is 0. The third kappa shape index (κ3) is 2.89. The van der Waals surface area contributed by atoms with Crippen molar-refractivity contribution >= 4 is 0 Å². The van der Waals surface area contributed by atoms with Crippen LogP contribution in [0, 0.1) is 12.3 Å². The third-order valence-corrected chi connectivity index (χ3v) is 1.39. The van der Waals surface area contributed by atoms with Crippen LogP contribution < -0.4 is 0 Å². The van der Waals surface area contributed by atoms with Crippen molar-refractivity contribution in [1.82, 2.24) is 0 Å². The van der Waals surface area contributed by atoms with E-state index in [4.69, 9.17) is 20.6 Å². The number of rotatable bonds is 3. The van der Waals surface area contributed by atoms with Crippen LogP contribution in [0.3, 0.4) is 0 Å². The molecular formula is C8H12O3. The molecule has 1 heterocycles. The minimum atomic E-state index is -0.102. The van der Waals surface area contributed by atoms with E-state index in [2.05, 4.69) is 5.92 Å². The van der Waals surface area contributed by atoms with Gasteiger partial charge in [0, 0.05) is 0 Å². The molecule has 1 saturated heterocycles. The molecule has 1 aliphatic heterocycles. The molecule has 62 valence electrons. The Morgan fingerprint density at radius 2 is 2.55 bits per heavy atom. The van der Waals surface area contributed by atoms with Gasteiger partial charge in [-0.2, -0.15) is 0 Å². The summed E-state index contributed by atoms with van der Waals surface area (Å²) in [5, 5.41) is 0. The molecule has 2 unspecified atom stereocenters. The second-order valence-corrected chi connectivity index (χ2v) is 2.38. The van der Waals surface area contributed by atoms with E-state index in [1.54, 1.807) is 0 Å². The van der Waals surface area contributed by atoms with E-state index in [-0.39, 0.29) is 12.4 Å². The van der Waals surface area contributed by atoms with E-state index in [0.29, 0.717) is 19.8 Å². The Balaban J connectivity index is 2.05. The average molecular weight is 156 g/mol. The Bertz CT molecular complexity index is 150. The number of hydrogen-bond acceptors (Lipinski definition) is 3. The zero-order valence-electron chi connectivity index (χ0n) is 6.58. The van der Waals surface area contributed by atoms with Crippen LogP contribution in [-0.4, -0.2) is 32.2 Å². The molecular weight excluding hydrogens is 144 g/mol. The molecule has 0 N–H and O–H groups in total. The number of hydrogen-bond donors (Lipinski definition) is 0. The Labute approximate surface area is 66.6 Å². The topological polar surface area (TPSA) is 27.7 Å². The zero-order chi connectivity index (χ0) is 8.10. The third-order valence-electron chi connectivity index (χ3n) is 1.39. The summed E-state index contributed by atoms with van der Waals surface area (Å²) >= 11 is 0. The van der Waals surface area contributed by atoms with E-state index in [9.17, 15) is 0 Å². The van der Waals surface area contributed by atoms with Crippen molar-refractivity contribution in [2.75, 3.05) is 19.8 Å². The summed E-state index contributed by atoms with van der Waals surface area (Å²) in [6.07, 6.45) is 4.95. The van der Waals surface area contributed by atoms with E-state index in [1.165, 1.54) is 0 Å². The molecule has 0 bridgehead atoms. The molecule has 0 aromatic rings. The maximum Gasteiger partial charge on any atom is 0.155 e. The highest BCUT2D eigenvalue weighted by molar-refractivity contribution is 4.83. The monoisotopic (exact) mass is 156 g/mol. The van der Waals surface area contributed by atoms with Crippen LogP contribution in [0.5, 0.6) is 0 Å². The summed E-state index contributed by atoms with van der Waals surface area (Å²) in [6, 6.07) is 0. The quantitative estimate of drug-likeness (QED) is 0.437. The number of terminal acetylenes is 1. The maximum absolute atomic E-state index is 5.29. The van der Waals surface area contributed by atoms with Crippen LogP contribution in [0.25, 0.3) is 0 Å². The van der Waals surface area contributed by atoms with Crippen molar-refractivity contribution in [3.8, 4) is 12.3 Å². The lowest BCUT2D eigenvalue weighted by molar-refractivity contribution is -0.0559. The van der Waals surface area contributed by atoms with Crippen molar-refractivity contribution in [2.24, 2.45) is 0 Å². The Hall–Kier alpha value is -0.560. The molecule has 1 rings (SSSR count). The molecule has 0 radical (unpaired) electrons. The molecule has 0 aromatic heterocycles. The first-order valence-corrected chi connectivity index (χ1v) is 3.61. The van der Waals surface area contributed by atoms with Gasteiger partial charge in [-0.1, -0.05) is 5.92 Å². The minimum absolute atomic E-state index is 0.0540. The van der Waals surface area contributed by atoms with Crippen molar-refractivity contribution in [2.45, 2.75) is 19.3 Å². The second kappa shape index (κ2) is 4.35. The van der Waals surface area contributed by atoms with Gasteiger partial charge in [-0.15, -0.1) is 6.42 Å². The van der Waals surface area contributed by atoms with Gasteiger partial charge in [0.15, 0.2) is 6.29 Å². The molecule has 3 heteroatoms. The highest BCUT2D eigenvalue weighted by Crippen LogP contribution is 2.10. The van der Waals surface area contributed by atoms with Crippen LogP contribution in [-0.2, 0) is 14.2 Å². The zero-order valence-corrected chi connectivity index (χ0v) is 6.58. The highest BCUT2D eigenvalue weighted by Gasteiger charge is 2.21. The first kappa shape index (κ1) is 8.54. The van der Waals surface area contributed by atoms with Gasteiger partial charge in [0.1, 0.15) is 12.7 Å². The summed E-state index contributed by atoms with van der Waals surface area (Å²) in [4.78, 5) is 0. The van der Waals surface area contributed by atoms with Crippen molar-refractivity contribution < 1.29 is 14.2 Å². The fourth-order valence-electron chi connectivity index (χ4n) is 0.929. The Kier molecular flexibility index (Phi) is 3.37. The molecule has 11 heavy (non-hydrogen) atoms. The normalized spacial score (nSPS) is 30.2. The van der Waals surface area contributed by atoms with Gasteiger partial charge in [0.25, 0.3) is 0 Å². The van der Waals surface area contributed by atoms with Crippen LogP contribution in [0.4, 0.5) is 0 Å². The minimum Gasteiger partial charge on any atom is -0.366 e. The molecule has 2 atom stereocenters. The molecule has 0 aromatic carbocycles.